The molecule has 2 aromatic heterocycles. The molecule has 0 spiro atoms. The largest absolute Gasteiger partial charge is 0.361 e. The molecule has 122 valence electrons. The van der Waals surface area contributed by atoms with Crippen LogP contribution in [0, 0.1) is 20.8 Å². The minimum atomic E-state index is -0.200. The third kappa shape index (κ3) is 3.48. The summed E-state index contributed by atoms with van der Waals surface area (Å²) >= 11 is 0. The summed E-state index contributed by atoms with van der Waals surface area (Å²) in [6.45, 7) is 5.48. The summed E-state index contributed by atoms with van der Waals surface area (Å²) in [5.74, 6) is 0.748. The highest BCUT2D eigenvalue weighted by Crippen LogP contribution is 2.19. The highest BCUT2D eigenvalue weighted by atomic mass is 16.5. The fraction of sp³-hybridized carbons (Fsp3) is 0.222. The van der Waals surface area contributed by atoms with Crippen LogP contribution in [0.3, 0.4) is 0 Å². The third-order valence-corrected chi connectivity index (χ3v) is 3.69. The van der Waals surface area contributed by atoms with E-state index < -0.39 is 0 Å². The zero-order valence-corrected chi connectivity index (χ0v) is 13.8. The van der Waals surface area contributed by atoms with Crippen LogP contribution < -0.4 is 5.32 Å². The number of amides is 1. The summed E-state index contributed by atoms with van der Waals surface area (Å²) in [7, 11) is 0. The van der Waals surface area contributed by atoms with E-state index in [1.165, 1.54) is 0 Å². The van der Waals surface area contributed by atoms with E-state index in [0.717, 1.165) is 28.2 Å². The second-order valence-electron chi connectivity index (χ2n) is 5.61. The monoisotopic (exact) mass is 322 g/mol. The number of rotatable bonds is 4. The number of carbonyl (C=O) groups excluding carboxylic acids is 1. The summed E-state index contributed by atoms with van der Waals surface area (Å²) < 4.78 is 5.08. The van der Waals surface area contributed by atoms with E-state index in [0.29, 0.717) is 11.7 Å². The maximum atomic E-state index is 12.3. The van der Waals surface area contributed by atoms with Crippen molar-refractivity contribution in [3.8, 4) is 11.3 Å². The lowest BCUT2D eigenvalue weighted by Crippen LogP contribution is -2.17. The molecular weight excluding hydrogens is 304 g/mol. The van der Waals surface area contributed by atoms with Gasteiger partial charge in [0.05, 0.1) is 17.8 Å². The molecule has 0 saturated carbocycles. The summed E-state index contributed by atoms with van der Waals surface area (Å²) in [4.78, 5) is 21.0. The van der Waals surface area contributed by atoms with Crippen LogP contribution in [0.15, 0.2) is 40.9 Å². The van der Waals surface area contributed by atoms with Crippen molar-refractivity contribution in [2.45, 2.75) is 27.2 Å². The first-order chi connectivity index (χ1) is 11.5. The first-order valence-electron chi connectivity index (χ1n) is 7.65. The summed E-state index contributed by atoms with van der Waals surface area (Å²) in [6.07, 6.45) is 0.180. The first kappa shape index (κ1) is 15.9. The standard InChI is InChI=1S/C18H18N4O2/c1-11-9-16(14-7-5-4-6-8-14)20-18(19-11)21-17(23)10-15-12(2)22-24-13(15)3/h4-9H,10H2,1-3H3,(H,19,20,21,23). The van der Waals surface area contributed by atoms with Gasteiger partial charge in [-0.05, 0) is 26.8 Å². The van der Waals surface area contributed by atoms with Gasteiger partial charge in [0.1, 0.15) is 5.76 Å². The van der Waals surface area contributed by atoms with Crippen LogP contribution in [0.4, 0.5) is 5.95 Å². The summed E-state index contributed by atoms with van der Waals surface area (Å²) in [5, 5.41) is 6.61. The normalized spacial score (nSPS) is 10.6. The van der Waals surface area contributed by atoms with Gasteiger partial charge in [0, 0.05) is 16.8 Å². The van der Waals surface area contributed by atoms with E-state index in [2.05, 4.69) is 20.4 Å². The lowest BCUT2D eigenvalue weighted by molar-refractivity contribution is -0.115. The molecule has 1 N–H and O–H groups in total. The van der Waals surface area contributed by atoms with Crippen LogP contribution in [0.1, 0.15) is 22.7 Å². The lowest BCUT2D eigenvalue weighted by Gasteiger charge is -2.07. The number of benzene rings is 1. The van der Waals surface area contributed by atoms with Crippen LogP contribution in [-0.4, -0.2) is 21.0 Å². The molecule has 0 aliphatic heterocycles. The van der Waals surface area contributed by atoms with Gasteiger partial charge < -0.3 is 4.52 Å². The van der Waals surface area contributed by atoms with Crippen molar-refractivity contribution in [1.29, 1.82) is 0 Å². The van der Waals surface area contributed by atoms with Gasteiger partial charge in [0.2, 0.25) is 11.9 Å². The number of aromatic nitrogens is 3. The van der Waals surface area contributed by atoms with Crippen LogP contribution in [0.5, 0.6) is 0 Å². The van der Waals surface area contributed by atoms with E-state index in [4.69, 9.17) is 4.52 Å². The molecule has 0 aliphatic carbocycles. The number of hydrogen-bond acceptors (Lipinski definition) is 5. The van der Waals surface area contributed by atoms with E-state index in [-0.39, 0.29) is 12.3 Å². The molecule has 24 heavy (non-hydrogen) atoms. The Morgan fingerprint density at radius 2 is 1.88 bits per heavy atom. The van der Waals surface area contributed by atoms with Gasteiger partial charge in [-0.1, -0.05) is 35.5 Å². The molecule has 0 atom stereocenters. The van der Waals surface area contributed by atoms with E-state index in [1.54, 1.807) is 6.92 Å². The second kappa shape index (κ2) is 6.62. The molecule has 0 unspecified atom stereocenters. The molecule has 1 amide bonds. The van der Waals surface area contributed by atoms with Gasteiger partial charge >= 0.3 is 0 Å². The fourth-order valence-electron chi connectivity index (χ4n) is 2.46. The number of nitrogens with one attached hydrogen (secondary N) is 1. The Morgan fingerprint density at radius 1 is 1.12 bits per heavy atom. The molecule has 6 heteroatoms. The van der Waals surface area contributed by atoms with Gasteiger partial charge in [-0.2, -0.15) is 0 Å². The molecular formula is C18H18N4O2. The molecule has 2 heterocycles. The number of carbonyl (C=O) groups is 1. The molecule has 3 aromatic rings. The van der Waals surface area contributed by atoms with Crippen molar-refractivity contribution >= 4 is 11.9 Å². The van der Waals surface area contributed by atoms with Gasteiger partial charge in [0.15, 0.2) is 0 Å². The van der Waals surface area contributed by atoms with Crippen molar-refractivity contribution in [3.05, 3.63) is 59.1 Å². The van der Waals surface area contributed by atoms with Gasteiger partial charge in [-0.3, -0.25) is 10.1 Å². The SMILES string of the molecule is Cc1cc(-c2ccccc2)nc(NC(=O)Cc2c(C)noc2C)n1. The Labute approximate surface area is 139 Å². The number of hydrogen-bond donors (Lipinski definition) is 1. The molecule has 0 radical (unpaired) electrons. The Hall–Kier alpha value is -3.02. The highest BCUT2D eigenvalue weighted by Gasteiger charge is 2.15. The summed E-state index contributed by atoms with van der Waals surface area (Å²) in [6, 6.07) is 11.7. The smallest absolute Gasteiger partial charge is 0.231 e. The quantitative estimate of drug-likeness (QED) is 0.797. The molecule has 3 rings (SSSR count). The Balaban J connectivity index is 1.80. The van der Waals surface area contributed by atoms with Crippen LogP contribution in [0.2, 0.25) is 0 Å². The van der Waals surface area contributed by atoms with Crippen LogP contribution in [-0.2, 0) is 11.2 Å². The van der Waals surface area contributed by atoms with E-state index in [9.17, 15) is 4.79 Å². The molecule has 0 aliphatic rings. The van der Waals surface area contributed by atoms with Gasteiger partial charge in [-0.25, -0.2) is 9.97 Å². The predicted octanol–water partition coefficient (Wildman–Crippen LogP) is 3.24. The van der Waals surface area contributed by atoms with Gasteiger partial charge in [0.25, 0.3) is 0 Å². The average molecular weight is 322 g/mol. The van der Waals surface area contributed by atoms with Crippen molar-refractivity contribution in [2.24, 2.45) is 0 Å². The molecule has 6 nitrogen and oxygen atoms in total. The first-order valence-corrected chi connectivity index (χ1v) is 7.65. The Morgan fingerprint density at radius 3 is 2.54 bits per heavy atom. The lowest BCUT2D eigenvalue weighted by atomic mass is 10.1. The van der Waals surface area contributed by atoms with Crippen molar-refractivity contribution in [1.82, 2.24) is 15.1 Å². The number of aryl methyl sites for hydroxylation is 3. The average Bonchev–Trinajstić information content (AvgIpc) is 2.87. The molecule has 1 aromatic carbocycles. The maximum Gasteiger partial charge on any atom is 0.231 e. The maximum absolute atomic E-state index is 12.3. The molecule has 0 fully saturated rings. The Kier molecular flexibility index (Phi) is 4.37. The Bertz CT molecular complexity index is 852. The van der Waals surface area contributed by atoms with Crippen molar-refractivity contribution in [2.75, 3.05) is 5.32 Å². The van der Waals surface area contributed by atoms with Crippen LogP contribution in [0.25, 0.3) is 11.3 Å². The number of nitrogens with zero attached hydrogens (tertiary/aromatic N) is 3. The van der Waals surface area contributed by atoms with Crippen molar-refractivity contribution in [3.63, 3.8) is 0 Å². The highest BCUT2D eigenvalue weighted by molar-refractivity contribution is 5.91. The van der Waals surface area contributed by atoms with Crippen LogP contribution >= 0.6 is 0 Å². The van der Waals surface area contributed by atoms with Crippen molar-refractivity contribution < 1.29 is 9.32 Å². The topological polar surface area (TPSA) is 80.9 Å². The number of anilines is 1. The minimum Gasteiger partial charge on any atom is -0.361 e. The predicted molar refractivity (Wildman–Crippen MR) is 90.5 cm³/mol. The zero-order chi connectivity index (χ0) is 17.1. The van der Waals surface area contributed by atoms with E-state index >= 15 is 0 Å². The molecule has 0 bridgehead atoms. The fourth-order valence-corrected chi connectivity index (χ4v) is 2.46. The summed E-state index contributed by atoms with van der Waals surface area (Å²) in [5.41, 5.74) is 4.05. The minimum absolute atomic E-state index is 0.180. The van der Waals surface area contributed by atoms with E-state index in [1.807, 2.05) is 50.2 Å². The van der Waals surface area contributed by atoms with Gasteiger partial charge in [-0.15, -0.1) is 0 Å². The zero-order valence-electron chi connectivity index (χ0n) is 13.8. The molecule has 0 saturated heterocycles. The second-order valence-corrected chi connectivity index (χ2v) is 5.61. The third-order valence-electron chi connectivity index (χ3n) is 3.69.